The molecule has 2 nitrogen and oxygen atoms in total. The molecular formula is C13H28N2S. The second-order valence-corrected chi connectivity index (χ2v) is 3.83. The van der Waals surface area contributed by atoms with E-state index >= 15 is 0 Å². The quantitative estimate of drug-likeness (QED) is 0.619. The molecule has 0 unspecified atom stereocenters. The van der Waals surface area contributed by atoms with Crippen LogP contribution in [0.5, 0.6) is 0 Å². The van der Waals surface area contributed by atoms with Gasteiger partial charge in [0.1, 0.15) is 0 Å². The van der Waals surface area contributed by atoms with Gasteiger partial charge in [0, 0.05) is 18.9 Å². The van der Waals surface area contributed by atoms with E-state index in [0.717, 1.165) is 5.75 Å². The second-order valence-electron chi connectivity index (χ2n) is 3.38. The van der Waals surface area contributed by atoms with Crippen LogP contribution in [-0.4, -0.2) is 15.5 Å². The summed E-state index contributed by atoms with van der Waals surface area (Å²) in [6, 6.07) is 1.97. The Labute approximate surface area is 107 Å². The molecular weight excluding hydrogens is 216 g/mol. The summed E-state index contributed by atoms with van der Waals surface area (Å²) in [6.45, 7) is 8.24. The van der Waals surface area contributed by atoms with Gasteiger partial charge in [0.15, 0.2) is 0 Å². The van der Waals surface area contributed by atoms with E-state index in [9.17, 15) is 0 Å². The molecule has 0 atom stereocenters. The van der Waals surface area contributed by atoms with Crippen LogP contribution in [0, 0.1) is 6.92 Å². The maximum Gasteiger partial charge on any atom is 0.0492 e. The van der Waals surface area contributed by atoms with E-state index in [-0.39, 0.29) is 0 Å². The molecule has 0 spiro atoms. The fourth-order valence-electron chi connectivity index (χ4n) is 0.979. The number of unbranched alkanes of at least 4 members (excludes halogenated alkanes) is 3. The van der Waals surface area contributed by atoms with Crippen molar-refractivity contribution in [3.05, 3.63) is 18.0 Å². The van der Waals surface area contributed by atoms with Crippen LogP contribution in [-0.2, 0) is 7.05 Å². The minimum atomic E-state index is 1.06. The van der Waals surface area contributed by atoms with Crippen molar-refractivity contribution in [1.29, 1.82) is 0 Å². The van der Waals surface area contributed by atoms with Crippen LogP contribution in [0.3, 0.4) is 0 Å². The van der Waals surface area contributed by atoms with E-state index in [1.165, 1.54) is 31.4 Å². The van der Waals surface area contributed by atoms with E-state index in [4.69, 9.17) is 0 Å². The lowest BCUT2D eigenvalue weighted by Gasteiger charge is -1.90. The molecule has 0 saturated heterocycles. The van der Waals surface area contributed by atoms with E-state index in [1.54, 1.807) is 6.20 Å². The number of hydrogen-bond acceptors (Lipinski definition) is 2. The lowest BCUT2D eigenvalue weighted by atomic mass is 10.2. The van der Waals surface area contributed by atoms with Crippen molar-refractivity contribution in [3.8, 4) is 0 Å². The molecule has 0 aliphatic carbocycles. The van der Waals surface area contributed by atoms with Crippen LogP contribution < -0.4 is 0 Å². The van der Waals surface area contributed by atoms with Gasteiger partial charge in [0.2, 0.25) is 0 Å². The molecule has 0 N–H and O–H groups in total. The lowest BCUT2D eigenvalue weighted by molar-refractivity contribution is 0.707. The topological polar surface area (TPSA) is 17.8 Å². The largest absolute Gasteiger partial charge is 0.273 e. The Kier molecular flexibility index (Phi) is 16.3. The highest BCUT2D eigenvalue weighted by atomic mass is 32.1. The van der Waals surface area contributed by atoms with Gasteiger partial charge < -0.3 is 0 Å². The summed E-state index contributed by atoms with van der Waals surface area (Å²) < 4.78 is 1.83. The van der Waals surface area contributed by atoms with E-state index in [2.05, 4.69) is 24.7 Å². The van der Waals surface area contributed by atoms with E-state index in [1.807, 2.05) is 38.6 Å². The Morgan fingerprint density at radius 3 is 2.12 bits per heavy atom. The summed E-state index contributed by atoms with van der Waals surface area (Å²) in [5, 5.41) is 3.93. The van der Waals surface area contributed by atoms with Gasteiger partial charge in [-0.15, -0.1) is 0 Å². The molecule has 0 amide bonds. The Bertz CT molecular complexity index is 201. The third kappa shape index (κ3) is 11.6. The number of aromatic nitrogens is 2. The van der Waals surface area contributed by atoms with Crippen molar-refractivity contribution >= 4 is 12.6 Å². The van der Waals surface area contributed by atoms with Gasteiger partial charge in [-0.2, -0.15) is 17.7 Å². The van der Waals surface area contributed by atoms with Crippen LogP contribution in [0.4, 0.5) is 0 Å². The Morgan fingerprint density at radius 1 is 1.25 bits per heavy atom. The monoisotopic (exact) mass is 244 g/mol. The molecule has 0 aliphatic rings. The first-order valence-corrected chi connectivity index (χ1v) is 6.91. The summed E-state index contributed by atoms with van der Waals surface area (Å²) in [5.41, 5.74) is 1.19. The van der Waals surface area contributed by atoms with E-state index < -0.39 is 0 Å². The summed E-state index contributed by atoms with van der Waals surface area (Å²) in [6.07, 6.45) is 7.14. The maximum atomic E-state index is 4.09. The lowest BCUT2D eigenvalue weighted by Crippen LogP contribution is -1.90. The van der Waals surface area contributed by atoms with Gasteiger partial charge >= 0.3 is 0 Å². The zero-order chi connectivity index (χ0) is 12.8. The molecule has 1 rings (SSSR count). The number of rotatable bonds is 4. The predicted molar refractivity (Wildman–Crippen MR) is 77.3 cm³/mol. The number of aryl methyl sites for hydroxylation is 2. The normalized spacial score (nSPS) is 8.62. The molecule has 96 valence electrons. The molecule has 0 saturated carbocycles. The van der Waals surface area contributed by atoms with Gasteiger partial charge in [-0.3, -0.25) is 4.68 Å². The highest BCUT2D eigenvalue weighted by molar-refractivity contribution is 7.80. The summed E-state index contributed by atoms with van der Waals surface area (Å²) in [4.78, 5) is 0. The average Bonchev–Trinajstić information content (AvgIpc) is 2.68. The first-order chi connectivity index (χ1) is 7.72. The fraction of sp³-hybridized carbons (Fsp3) is 0.769. The Balaban J connectivity index is 0. The van der Waals surface area contributed by atoms with Crippen LogP contribution in [0.2, 0.25) is 0 Å². The van der Waals surface area contributed by atoms with Gasteiger partial charge in [-0.1, -0.05) is 40.0 Å². The van der Waals surface area contributed by atoms with Crippen molar-refractivity contribution in [2.24, 2.45) is 7.05 Å². The number of nitrogens with zero attached hydrogens (tertiary/aromatic N) is 2. The minimum Gasteiger partial charge on any atom is -0.273 e. The SMILES string of the molecule is CC.CCCCCCS.Cc1ccnn1C. The molecule has 3 heteroatoms. The number of thiol groups is 1. The predicted octanol–water partition coefficient (Wildman–Crippen LogP) is 4.25. The fourth-order valence-corrected chi connectivity index (χ4v) is 1.20. The third-order valence-corrected chi connectivity index (χ3v) is 2.39. The molecule has 1 aromatic rings. The van der Waals surface area contributed by atoms with Crippen LogP contribution in [0.1, 0.15) is 52.1 Å². The first-order valence-electron chi connectivity index (χ1n) is 6.27. The van der Waals surface area contributed by atoms with Gasteiger partial charge in [-0.25, -0.2) is 0 Å². The molecule has 1 heterocycles. The smallest absolute Gasteiger partial charge is 0.0492 e. The average molecular weight is 244 g/mol. The van der Waals surface area contributed by atoms with Gasteiger partial charge in [0.05, 0.1) is 0 Å². The van der Waals surface area contributed by atoms with Crippen molar-refractivity contribution in [2.75, 3.05) is 5.75 Å². The molecule has 0 aromatic carbocycles. The van der Waals surface area contributed by atoms with Crippen molar-refractivity contribution in [2.45, 2.75) is 53.4 Å². The Morgan fingerprint density at radius 2 is 1.88 bits per heavy atom. The zero-order valence-electron chi connectivity index (χ0n) is 11.5. The van der Waals surface area contributed by atoms with Crippen LogP contribution in [0.25, 0.3) is 0 Å². The zero-order valence-corrected chi connectivity index (χ0v) is 12.4. The Hall–Kier alpha value is -0.440. The third-order valence-electron chi connectivity index (χ3n) is 2.08. The molecule has 16 heavy (non-hydrogen) atoms. The van der Waals surface area contributed by atoms with Gasteiger partial charge in [0.25, 0.3) is 0 Å². The van der Waals surface area contributed by atoms with Crippen LogP contribution >= 0.6 is 12.6 Å². The summed E-state index contributed by atoms with van der Waals surface area (Å²) in [5.74, 6) is 1.06. The van der Waals surface area contributed by atoms with Gasteiger partial charge in [-0.05, 0) is 25.2 Å². The highest BCUT2D eigenvalue weighted by Crippen LogP contribution is 1.98. The summed E-state index contributed by atoms with van der Waals surface area (Å²) >= 11 is 4.09. The molecule has 0 bridgehead atoms. The maximum absolute atomic E-state index is 4.09. The molecule has 0 radical (unpaired) electrons. The molecule has 1 aromatic heterocycles. The van der Waals surface area contributed by atoms with E-state index in [0.29, 0.717) is 0 Å². The number of hydrogen-bond donors (Lipinski definition) is 1. The molecule has 0 fully saturated rings. The highest BCUT2D eigenvalue weighted by Gasteiger charge is 1.83. The molecule has 0 aliphatic heterocycles. The van der Waals surface area contributed by atoms with Crippen LogP contribution in [0.15, 0.2) is 12.3 Å². The van der Waals surface area contributed by atoms with Crippen molar-refractivity contribution in [1.82, 2.24) is 9.78 Å². The minimum absolute atomic E-state index is 1.06. The van der Waals surface area contributed by atoms with Crippen molar-refractivity contribution in [3.63, 3.8) is 0 Å². The second kappa shape index (κ2) is 14.6. The summed E-state index contributed by atoms with van der Waals surface area (Å²) in [7, 11) is 1.93. The van der Waals surface area contributed by atoms with Crippen molar-refractivity contribution < 1.29 is 0 Å². The standard InChI is InChI=1S/C6H14S.C5H8N2.C2H6/c1-2-3-4-5-6-7;1-5-3-4-6-7(5)2;1-2/h7H,2-6H2,1H3;3-4H,1-2H3;1-2H3. The first kappa shape index (κ1) is 17.9.